The number of carboxylic acids is 1. The van der Waals surface area contributed by atoms with Crippen molar-refractivity contribution in [3.8, 4) is 5.75 Å². The van der Waals surface area contributed by atoms with Gasteiger partial charge in [-0.05, 0) is 54.5 Å². The van der Waals surface area contributed by atoms with Gasteiger partial charge in [-0.15, -0.1) is 0 Å². The van der Waals surface area contributed by atoms with Gasteiger partial charge in [-0.3, -0.25) is 19.2 Å². The van der Waals surface area contributed by atoms with Crippen LogP contribution in [-0.4, -0.2) is 52.0 Å². The molecule has 0 fully saturated rings. The van der Waals surface area contributed by atoms with Gasteiger partial charge in [0.2, 0.25) is 17.7 Å². The Morgan fingerprint density at radius 2 is 1.58 bits per heavy atom. The fraction of sp³-hybridized carbons (Fsp3) is 0.357. The molecule has 1 aliphatic rings. The number of nitrogens with two attached hydrogens (primary N) is 1. The number of hydrogen-bond acceptors (Lipinski definition) is 6. The minimum Gasteiger partial charge on any atom is -0.508 e. The van der Waals surface area contributed by atoms with Crippen molar-refractivity contribution in [3.63, 3.8) is 0 Å². The Bertz CT molecular complexity index is 1160. The van der Waals surface area contributed by atoms with E-state index in [0.717, 1.165) is 0 Å². The summed E-state index contributed by atoms with van der Waals surface area (Å²) in [7, 11) is 0. The van der Waals surface area contributed by atoms with Gasteiger partial charge in [0.15, 0.2) is 0 Å². The van der Waals surface area contributed by atoms with Crippen LogP contribution in [0.15, 0.2) is 60.7 Å². The van der Waals surface area contributed by atoms with Crippen LogP contribution in [0, 0.1) is 0 Å². The molecule has 7 N–H and O–H groups in total. The number of nitrogens with one attached hydrogen (secondary N) is 3. The molecular weight excluding hydrogens is 488 g/mol. The predicted octanol–water partition coefficient (Wildman–Crippen LogP) is 1.31. The number of hydrogen-bond donors (Lipinski definition) is 6. The minimum atomic E-state index is -0.988. The second-order valence-corrected chi connectivity index (χ2v) is 9.28. The van der Waals surface area contributed by atoms with E-state index in [4.69, 9.17) is 10.8 Å². The van der Waals surface area contributed by atoms with Gasteiger partial charge >= 0.3 is 5.97 Å². The van der Waals surface area contributed by atoms with Gasteiger partial charge in [0.1, 0.15) is 17.8 Å². The molecule has 0 saturated carbocycles. The van der Waals surface area contributed by atoms with Gasteiger partial charge in [0.25, 0.3) is 0 Å². The Morgan fingerprint density at radius 3 is 2.26 bits per heavy atom. The van der Waals surface area contributed by atoms with Gasteiger partial charge < -0.3 is 31.9 Å². The third-order valence-corrected chi connectivity index (χ3v) is 6.33. The van der Waals surface area contributed by atoms with E-state index in [9.17, 15) is 24.3 Å². The van der Waals surface area contributed by atoms with Crippen molar-refractivity contribution >= 4 is 23.7 Å². The molecular formula is C28H34N4O6. The molecule has 10 nitrogen and oxygen atoms in total. The summed E-state index contributed by atoms with van der Waals surface area (Å²) in [5.74, 6) is -2.31. The lowest BCUT2D eigenvalue weighted by atomic mass is 10.0. The van der Waals surface area contributed by atoms with Gasteiger partial charge in [-0.1, -0.05) is 48.6 Å². The average molecular weight is 523 g/mol. The van der Waals surface area contributed by atoms with Gasteiger partial charge in [0.05, 0.1) is 12.5 Å². The van der Waals surface area contributed by atoms with E-state index in [0.29, 0.717) is 42.4 Å². The van der Waals surface area contributed by atoms with E-state index >= 15 is 0 Å². The van der Waals surface area contributed by atoms with Crippen LogP contribution in [0.1, 0.15) is 42.4 Å². The van der Waals surface area contributed by atoms with Crippen LogP contribution >= 0.6 is 0 Å². The number of rotatable bonds is 7. The monoisotopic (exact) mass is 522 g/mol. The molecule has 3 amide bonds. The minimum absolute atomic E-state index is 0.0772. The summed E-state index contributed by atoms with van der Waals surface area (Å²) in [6, 6.07) is 10.6. The first-order chi connectivity index (χ1) is 18.2. The highest BCUT2D eigenvalue weighted by molar-refractivity contribution is 5.93. The highest BCUT2D eigenvalue weighted by Gasteiger charge is 2.28. The van der Waals surface area contributed by atoms with E-state index in [1.165, 1.54) is 12.1 Å². The summed E-state index contributed by atoms with van der Waals surface area (Å²) in [4.78, 5) is 50.4. The highest BCUT2D eigenvalue weighted by Crippen LogP contribution is 2.13. The number of carboxylic acid groups (broad SMARTS) is 1. The normalized spacial score (nSPS) is 21.6. The lowest BCUT2D eigenvalue weighted by molar-refractivity contribution is -0.136. The Labute approximate surface area is 221 Å². The molecule has 202 valence electrons. The molecule has 0 radical (unpaired) electrons. The molecule has 0 unspecified atom stereocenters. The van der Waals surface area contributed by atoms with Crippen molar-refractivity contribution in [2.24, 2.45) is 5.73 Å². The third kappa shape index (κ3) is 8.74. The lowest BCUT2D eigenvalue weighted by Crippen LogP contribution is -2.56. The van der Waals surface area contributed by atoms with Crippen molar-refractivity contribution < 1.29 is 29.4 Å². The molecule has 38 heavy (non-hydrogen) atoms. The van der Waals surface area contributed by atoms with E-state index in [1.807, 2.05) is 12.2 Å². The Kier molecular flexibility index (Phi) is 10.4. The molecule has 1 heterocycles. The largest absolute Gasteiger partial charge is 0.508 e. The van der Waals surface area contributed by atoms with E-state index in [2.05, 4.69) is 16.0 Å². The van der Waals surface area contributed by atoms with Crippen LogP contribution in [0.4, 0.5) is 0 Å². The second-order valence-electron chi connectivity index (χ2n) is 9.28. The van der Waals surface area contributed by atoms with Crippen molar-refractivity contribution in [3.05, 3.63) is 77.4 Å². The van der Waals surface area contributed by atoms with Gasteiger partial charge in [-0.2, -0.15) is 0 Å². The maximum absolute atomic E-state index is 13.3. The first-order valence-corrected chi connectivity index (χ1v) is 12.6. The molecule has 0 aliphatic carbocycles. The number of allylic oxidation sites excluding steroid dienone is 2. The fourth-order valence-corrected chi connectivity index (χ4v) is 4.17. The molecule has 1 aliphatic heterocycles. The summed E-state index contributed by atoms with van der Waals surface area (Å²) in [6.07, 6.45) is 5.61. The van der Waals surface area contributed by atoms with Crippen molar-refractivity contribution in [2.75, 3.05) is 0 Å². The van der Waals surface area contributed by atoms with Crippen LogP contribution in [0.25, 0.3) is 0 Å². The molecule has 2 aromatic carbocycles. The zero-order valence-corrected chi connectivity index (χ0v) is 21.1. The zero-order chi connectivity index (χ0) is 27.5. The smallest absolute Gasteiger partial charge is 0.307 e. The number of aromatic hydroxyl groups is 1. The first kappa shape index (κ1) is 28.4. The molecule has 0 saturated heterocycles. The Morgan fingerprint density at radius 1 is 0.921 bits per heavy atom. The first-order valence-electron chi connectivity index (χ1n) is 12.6. The molecule has 3 rings (SSSR count). The highest BCUT2D eigenvalue weighted by atomic mass is 16.4. The predicted molar refractivity (Wildman–Crippen MR) is 141 cm³/mol. The lowest BCUT2D eigenvalue weighted by Gasteiger charge is -2.24. The summed E-state index contributed by atoms with van der Waals surface area (Å²) in [6.45, 7) is 0.104. The van der Waals surface area contributed by atoms with E-state index in [1.54, 1.807) is 36.4 Å². The zero-order valence-electron chi connectivity index (χ0n) is 21.1. The standard InChI is InChI=1S/C28H34N4O6/c29-22-9-3-1-2-4-10-23(27(37)30-17-20-8-6-5-7-19(20)16-25(34)35)31-28(38)24(32-26(22)36)15-18-11-13-21(33)14-12-18/h1-2,5-8,11-14,22-24,33H,3-4,9-10,15-17,29H2,(H,30,37)(H,31,38)(H,32,36)(H,34,35)/b2-1+/t22-,23-,24-/m0/s1. The van der Waals surface area contributed by atoms with Crippen molar-refractivity contribution in [1.29, 1.82) is 0 Å². The number of phenolic OH excluding ortho intramolecular Hbond substituents is 1. The van der Waals surface area contributed by atoms with Gasteiger partial charge in [0, 0.05) is 13.0 Å². The Balaban J connectivity index is 1.77. The summed E-state index contributed by atoms with van der Waals surface area (Å²) >= 11 is 0. The van der Waals surface area contributed by atoms with E-state index in [-0.39, 0.29) is 25.1 Å². The average Bonchev–Trinajstić information content (AvgIpc) is 2.89. The molecule has 0 spiro atoms. The van der Waals surface area contributed by atoms with Crippen LogP contribution < -0.4 is 21.7 Å². The topological polar surface area (TPSA) is 171 Å². The number of aliphatic carboxylic acids is 1. The number of benzene rings is 2. The van der Waals surface area contributed by atoms with Crippen molar-refractivity contribution in [1.82, 2.24) is 16.0 Å². The number of amides is 3. The summed E-state index contributed by atoms with van der Waals surface area (Å²) in [5.41, 5.74) is 7.99. The number of carbonyl (C=O) groups excluding carboxylic acids is 3. The van der Waals surface area contributed by atoms with Gasteiger partial charge in [-0.25, -0.2) is 0 Å². The van der Waals surface area contributed by atoms with Crippen LogP contribution in [0.2, 0.25) is 0 Å². The van der Waals surface area contributed by atoms with Crippen LogP contribution in [-0.2, 0) is 38.6 Å². The molecule has 2 aromatic rings. The third-order valence-electron chi connectivity index (χ3n) is 6.33. The fourth-order valence-electron chi connectivity index (χ4n) is 4.17. The Hall–Kier alpha value is -4.18. The molecule has 10 heteroatoms. The number of carbonyl (C=O) groups is 4. The molecule has 0 aromatic heterocycles. The maximum atomic E-state index is 13.3. The molecule has 0 bridgehead atoms. The summed E-state index contributed by atoms with van der Waals surface area (Å²) < 4.78 is 0. The van der Waals surface area contributed by atoms with Crippen LogP contribution in [0.5, 0.6) is 5.75 Å². The van der Waals surface area contributed by atoms with E-state index < -0.39 is 41.8 Å². The quantitative estimate of drug-likeness (QED) is 0.298. The SMILES string of the molecule is N[C@H]1CC/C=C/CC[C@@H](C(=O)NCc2ccccc2CC(=O)O)NC(=O)[C@H](Cc2ccc(O)cc2)NC1=O. The molecule has 3 atom stereocenters. The number of phenols is 1. The second kappa shape index (κ2) is 13.9. The maximum Gasteiger partial charge on any atom is 0.307 e. The van der Waals surface area contributed by atoms with Crippen LogP contribution in [0.3, 0.4) is 0 Å². The summed E-state index contributed by atoms with van der Waals surface area (Å²) in [5, 5.41) is 27.0. The van der Waals surface area contributed by atoms with Crippen molar-refractivity contribution in [2.45, 2.75) is 63.2 Å².